The Hall–Kier alpha value is -2.48. The summed E-state index contributed by atoms with van der Waals surface area (Å²) in [6, 6.07) is 3.75. The molecule has 8 heteroatoms. The second kappa shape index (κ2) is 6.56. The number of pyridine rings is 1. The lowest BCUT2D eigenvalue weighted by Gasteiger charge is -2.09. The molecule has 0 saturated carbocycles. The zero-order valence-corrected chi connectivity index (χ0v) is 14.0. The summed E-state index contributed by atoms with van der Waals surface area (Å²) >= 11 is 3.01. The highest BCUT2D eigenvalue weighted by atomic mass is 79.9. The second-order valence-corrected chi connectivity index (χ2v) is 5.68. The average molecular weight is 397 g/mol. The fourth-order valence-electron chi connectivity index (χ4n) is 2.19. The Balaban J connectivity index is 2.15. The van der Waals surface area contributed by atoms with E-state index in [2.05, 4.69) is 26.2 Å². The van der Waals surface area contributed by atoms with Crippen LogP contribution in [-0.4, -0.2) is 17.6 Å². The highest BCUT2D eigenvalue weighted by Crippen LogP contribution is 2.35. The van der Waals surface area contributed by atoms with Crippen molar-refractivity contribution in [1.29, 1.82) is 0 Å². The molecule has 0 saturated heterocycles. The Morgan fingerprint density at radius 1 is 1.33 bits per heavy atom. The van der Waals surface area contributed by atoms with Crippen molar-refractivity contribution in [2.24, 2.45) is 0 Å². The lowest BCUT2D eigenvalue weighted by atomic mass is 10.2. The van der Waals surface area contributed by atoms with E-state index >= 15 is 0 Å². The quantitative estimate of drug-likeness (QED) is 0.642. The van der Waals surface area contributed by atoms with Gasteiger partial charge in [-0.25, -0.2) is 13.6 Å². The Labute approximate surface area is 143 Å². The maximum atomic E-state index is 14.1. The number of nitrogens with one attached hydrogen (secondary N) is 1. The Bertz CT molecular complexity index is 904. The number of aromatic nitrogens is 1. The van der Waals surface area contributed by atoms with Crippen molar-refractivity contribution in [1.82, 2.24) is 4.98 Å². The van der Waals surface area contributed by atoms with Crippen LogP contribution >= 0.6 is 15.9 Å². The zero-order valence-electron chi connectivity index (χ0n) is 12.4. The number of ether oxygens (including phenoxy) is 1. The van der Waals surface area contributed by atoms with Gasteiger partial charge < -0.3 is 14.5 Å². The van der Waals surface area contributed by atoms with Crippen LogP contribution in [0.3, 0.4) is 0 Å². The molecule has 0 atom stereocenters. The van der Waals surface area contributed by atoms with Gasteiger partial charge in [0.2, 0.25) is 5.76 Å². The number of hydrogen-bond acceptors (Lipinski definition) is 5. The Morgan fingerprint density at radius 3 is 2.71 bits per heavy atom. The molecule has 0 unspecified atom stereocenters. The lowest BCUT2D eigenvalue weighted by molar-refractivity contribution is 0.0494. The third-order valence-corrected chi connectivity index (χ3v) is 3.67. The van der Waals surface area contributed by atoms with Gasteiger partial charge in [0.1, 0.15) is 17.0 Å². The van der Waals surface area contributed by atoms with Gasteiger partial charge in [0.15, 0.2) is 11.6 Å². The fraction of sp³-hybridized carbons (Fsp3) is 0.125. The molecule has 0 amide bonds. The summed E-state index contributed by atoms with van der Waals surface area (Å²) in [4.78, 5) is 16.0. The third-order valence-electron chi connectivity index (χ3n) is 3.21. The molecule has 3 rings (SSSR count). The normalized spacial score (nSPS) is 10.8. The summed E-state index contributed by atoms with van der Waals surface area (Å²) in [7, 11) is 0. The molecular formula is C16H11BrF2N2O3. The molecule has 0 aliphatic rings. The van der Waals surface area contributed by atoms with Gasteiger partial charge in [-0.1, -0.05) is 15.9 Å². The van der Waals surface area contributed by atoms with Crippen LogP contribution in [0.5, 0.6) is 0 Å². The van der Waals surface area contributed by atoms with Crippen LogP contribution in [0, 0.1) is 11.6 Å². The summed E-state index contributed by atoms with van der Waals surface area (Å²) in [6.07, 6.45) is 2.91. The van der Waals surface area contributed by atoms with E-state index in [0.717, 1.165) is 12.1 Å². The van der Waals surface area contributed by atoms with Gasteiger partial charge in [-0.2, -0.15) is 0 Å². The first-order chi connectivity index (χ1) is 11.5. The number of anilines is 2. The Kier molecular flexibility index (Phi) is 4.48. The first-order valence-corrected chi connectivity index (χ1v) is 7.75. The van der Waals surface area contributed by atoms with E-state index < -0.39 is 23.3 Å². The van der Waals surface area contributed by atoms with Crippen molar-refractivity contribution in [2.75, 3.05) is 11.9 Å². The molecule has 5 nitrogen and oxygen atoms in total. The van der Waals surface area contributed by atoms with Crippen LogP contribution in [0.25, 0.3) is 11.0 Å². The van der Waals surface area contributed by atoms with Gasteiger partial charge in [0.25, 0.3) is 0 Å². The highest BCUT2D eigenvalue weighted by Gasteiger charge is 2.24. The van der Waals surface area contributed by atoms with E-state index in [1.807, 2.05) is 0 Å². The zero-order chi connectivity index (χ0) is 17.3. The van der Waals surface area contributed by atoms with Crippen molar-refractivity contribution >= 4 is 44.2 Å². The molecule has 24 heavy (non-hydrogen) atoms. The molecule has 2 aromatic heterocycles. The van der Waals surface area contributed by atoms with Gasteiger partial charge >= 0.3 is 5.97 Å². The minimum absolute atomic E-state index is 0.0941. The van der Waals surface area contributed by atoms with Crippen molar-refractivity contribution < 1.29 is 22.7 Å². The van der Waals surface area contributed by atoms with E-state index in [1.54, 1.807) is 6.92 Å². The van der Waals surface area contributed by atoms with Crippen molar-refractivity contribution in [3.05, 3.63) is 52.5 Å². The minimum Gasteiger partial charge on any atom is -0.460 e. The molecule has 0 aliphatic carbocycles. The number of carbonyl (C=O) groups is 1. The summed E-state index contributed by atoms with van der Waals surface area (Å²) in [6.45, 7) is 1.78. The van der Waals surface area contributed by atoms with E-state index in [-0.39, 0.29) is 22.5 Å². The molecule has 2 heterocycles. The van der Waals surface area contributed by atoms with E-state index in [0.29, 0.717) is 11.0 Å². The number of hydrogen-bond donors (Lipinski definition) is 1. The minimum atomic E-state index is -0.824. The van der Waals surface area contributed by atoms with Crippen LogP contribution in [0.1, 0.15) is 17.5 Å². The maximum absolute atomic E-state index is 14.1. The standard InChI is InChI=1S/C16H11BrF2N2O3/c1-2-23-16(22)15-13(9-7-20-4-3-12(9)24-15)21-14-10(18)5-8(17)6-11(14)19/h3-7,21H,2H2,1H3. The van der Waals surface area contributed by atoms with Crippen molar-refractivity contribution in [2.45, 2.75) is 6.92 Å². The smallest absolute Gasteiger partial charge is 0.376 e. The monoisotopic (exact) mass is 396 g/mol. The van der Waals surface area contributed by atoms with Gasteiger partial charge in [-0.3, -0.25) is 4.98 Å². The number of furan rings is 1. The molecule has 124 valence electrons. The van der Waals surface area contributed by atoms with Crippen molar-refractivity contribution in [3.8, 4) is 0 Å². The van der Waals surface area contributed by atoms with Crippen molar-refractivity contribution in [3.63, 3.8) is 0 Å². The van der Waals surface area contributed by atoms with Crippen LogP contribution < -0.4 is 5.32 Å². The number of esters is 1. The number of rotatable bonds is 4. The molecule has 1 aromatic carbocycles. The summed E-state index contributed by atoms with van der Waals surface area (Å²) in [5.74, 6) is -2.57. The second-order valence-electron chi connectivity index (χ2n) is 4.77. The maximum Gasteiger partial charge on any atom is 0.376 e. The molecule has 0 bridgehead atoms. The summed E-state index contributed by atoms with van der Waals surface area (Å²) in [5, 5.41) is 3.00. The van der Waals surface area contributed by atoms with Crippen LogP contribution in [0.15, 0.2) is 39.5 Å². The summed E-state index contributed by atoms with van der Waals surface area (Å²) in [5.41, 5.74) is 0.0282. The molecule has 0 aliphatic heterocycles. The topological polar surface area (TPSA) is 64.4 Å². The molecule has 0 spiro atoms. The first-order valence-electron chi connectivity index (χ1n) is 6.96. The number of carbonyl (C=O) groups excluding carboxylic acids is 1. The third kappa shape index (κ3) is 2.96. The SMILES string of the molecule is CCOC(=O)c1oc2ccncc2c1Nc1c(F)cc(Br)cc1F. The summed E-state index contributed by atoms with van der Waals surface area (Å²) < 4.78 is 38.8. The number of halogens is 3. The molecule has 0 radical (unpaired) electrons. The van der Waals surface area contributed by atoms with Gasteiger partial charge in [-0.15, -0.1) is 0 Å². The molecule has 0 fully saturated rings. The van der Waals surface area contributed by atoms with E-state index in [1.165, 1.54) is 18.5 Å². The van der Waals surface area contributed by atoms with Gasteiger partial charge in [-0.05, 0) is 25.1 Å². The van der Waals surface area contributed by atoms with Crippen LogP contribution in [-0.2, 0) is 4.74 Å². The average Bonchev–Trinajstić information content (AvgIpc) is 2.90. The first kappa shape index (κ1) is 16.4. The highest BCUT2D eigenvalue weighted by molar-refractivity contribution is 9.10. The van der Waals surface area contributed by atoms with Crippen LogP contribution in [0.2, 0.25) is 0 Å². The fourth-order valence-corrected chi connectivity index (χ4v) is 2.59. The van der Waals surface area contributed by atoms with Gasteiger partial charge in [0, 0.05) is 16.9 Å². The number of fused-ring (bicyclic) bond motifs is 1. The molecule has 1 N–H and O–H groups in total. The Morgan fingerprint density at radius 2 is 2.04 bits per heavy atom. The molecular weight excluding hydrogens is 386 g/mol. The van der Waals surface area contributed by atoms with E-state index in [4.69, 9.17) is 9.15 Å². The van der Waals surface area contributed by atoms with Crippen LogP contribution in [0.4, 0.5) is 20.2 Å². The predicted molar refractivity (Wildman–Crippen MR) is 87.3 cm³/mol. The molecule has 3 aromatic rings. The lowest BCUT2D eigenvalue weighted by Crippen LogP contribution is -2.07. The van der Waals surface area contributed by atoms with E-state index in [9.17, 15) is 13.6 Å². The number of nitrogens with zero attached hydrogens (tertiary/aromatic N) is 1. The predicted octanol–water partition coefficient (Wildman–Crippen LogP) is 4.79. The number of benzene rings is 1. The largest absolute Gasteiger partial charge is 0.460 e. The van der Waals surface area contributed by atoms with Gasteiger partial charge in [0.05, 0.1) is 12.0 Å².